The number of thioether (sulfide) groups is 1. The Bertz CT molecular complexity index is 741. The molecule has 9 heteroatoms. The summed E-state index contributed by atoms with van der Waals surface area (Å²) in [7, 11) is 0. The van der Waals surface area contributed by atoms with E-state index in [-0.39, 0.29) is 15.8 Å². The van der Waals surface area contributed by atoms with E-state index in [9.17, 15) is 20.0 Å². The molecule has 0 radical (unpaired) electrons. The topological polar surface area (TPSA) is 119 Å². The maximum Gasteiger partial charge on any atom is 0.342 e. The highest BCUT2D eigenvalue weighted by Gasteiger charge is 2.15. The van der Waals surface area contributed by atoms with Crippen molar-refractivity contribution in [2.45, 2.75) is 18.6 Å². The first-order valence-electron chi connectivity index (χ1n) is 6.19. The predicted octanol–water partition coefficient (Wildman–Crippen LogP) is 2.76. The van der Waals surface area contributed by atoms with E-state index in [4.69, 9.17) is 4.42 Å². The van der Waals surface area contributed by atoms with Crippen molar-refractivity contribution >= 4 is 29.5 Å². The van der Waals surface area contributed by atoms with Gasteiger partial charge in [0.15, 0.2) is 0 Å². The van der Waals surface area contributed by atoms with E-state index in [0.29, 0.717) is 17.9 Å². The summed E-state index contributed by atoms with van der Waals surface area (Å²) in [6, 6.07) is 5.67. The first-order valence-corrected chi connectivity index (χ1v) is 7.01. The Balaban J connectivity index is 2.28. The normalized spacial score (nSPS) is 11.4. The minimum atomic E-state index is -1.19. The molecule has 0 fully saturated rings. The zero-order chi connectivity index (χ0) is 16.1. The molecule has 0 saturated carbocycles. The molecule has 0 atom stereocenters. The first-order chi connectivity index (χ1) is 10.5. The van der Waals surface area contributed by atoms with Gasteiger partial charge in [0, 0.05) is 18.6 Å². The molecule has 0 aliphatic carbocycles. The Kier molecular flexibility index (Phi) is 4.89. The summed E-state index contributed by atoms with van der Waals surface area (Å²) < 4.78 is 5.24. The van der Waals surface area contributed by atoms with Gasteiger partial charge in [0.25, 0.3) is 10.9 Å². The van der Waals surface area contributed by atoms with Crippen LogP contribution in [0.2, 0.25) is 0 Å². The highest BCUT2D eigenvalue weighted by molar-refractivity contribution is 8.03. The van der Waals surface area contributed by atoms with Crippen LogP contribution in [-0.2, 0) is 11.2 Å². The maximum absolute atomic E-state index is 11.3. The van der Waals surface area contributed by atoms with Crippen LogP contribution in [0.5, 0.6) is 0 Å². The van der Waals surface area contributed by atoms with Crippen LogP contribution in [0.15, 0.2) is 38.8 Å². The minimum absolute atomic E-state index is 0.0770. The monoisotopic (exact) mass is 321 g/mol. The molecule has 1 N–H and O–H groups in total. The van der Waals surface area contributed by atoms with Crippen LogP contribution in [0.1, 0.15) is 18.4 Å². The average Bonchev–Trinajstić information content (AvgIpc) is 2.94. The molecule has 0 aliphatic heterocycles. The molecule has 2 rings (SSSR count). The number of non-ortho nitro benzene ring substituents is 1. The van der Waals surface area contributed by atoms with Crippen molar-refractivity contribution in [1.82, 2.24) is 10.2 Å². The number of nitrogens with zero attached hydrogens (tertiary/aromatic N) is 3. The number of hydrogen-bond donors (Lipinski definition) is 1. The van der Waals surface area contributed by atoms with Crippen LogP contribution >= 0.6 is 11.8 Å². The van der Waals surface area contributed by atoms with Crippen LogP contribution in [0, 0.1) is 10.1 Å². The predicted molar refractivity (Wildman–Crippen MR) is 78.2 cm³/mol. The summed E-state index contributed by atoms with van der Waals surface area (Å²) in [6.07, 6.45) is 1.86. The quantitative estimate of drug-likeness (QED) is 0.373. The van der Waals surface area contributed by atoms with E-state index < -0.39 is 10.9 Å². The molecule has 8 nitrogen and oxygen atoms in total. The lowest BCUT2D eigenvalue weighted by Crippen LogP contribution is -1.97. The number of aromatic nitrogens is 2. The van der Waals surface area contributed by atoms with Crippen molar-refractivity contribution in [2.75, 3.05) is 0 Å². The molecule has 0 unspecified atom stereocenters. The number of aryl methyl sites for hydroxylation is 1. The Morgan fingerprint density at radius 2 is 2.27 bits per heavy atom. The molecule has 114 valence electrons. The van der Waals surface area contributed by atoms with Gasteiger partial charge >= 0.3 is 5.97 Å². The Morgan fingerprint density at radius 3 is 2.86 bits per heavy atom. The molecular formula is C13H11N3O5S. The second-order valence-electron chi connectivity index (χ2n) is 4.08. The second-order valence-corrected chi connectivity index (χ2v) is 5.08. The highest BCUT2D eigenvalue weighted by Crippen LogP contribution is 2.28. The van der Waals surface area contributed by atoms with Gasteiger partial charge in [-0.25, -0.2) is 4.79 Å². The zero-order valence-corrected chi connectivity index (χ0v) is 12.2. The van der Waals surface area contributed by atoms with Gasteiger partial charge in [-0.2, -0.15) is 0 Å². The van der Waals surface area contributed by atoms with Crippen LogP contribution in [0.4, 0.5) is 5.69 Å². The molecule has 0 saturated heterocycles. The number of rotatable bonds is 6. The zero-order valence-electron chi connectivity index (χ0n) is 11.4. The number of nitro groups is 1. The number of benzene rings is 1. The van der Waals surface area contributed by atoms with Gasteiger partial charge in [-0.3, -0.25) is 10.1 Å². The SMILES string of the molecule is CCc1nnc(S/C(=C\c2cccc([N+](=O)[O-])c2)C(=O)O)o1. The van der Waals surface area contributed by atoms with Crippen LogP contribution in [0.3, 0.4) is 0 Å². The molecule has 1 aromatic carbocycles. The summed E-state index contributed by atoms with van der Waals surface area (Å²) in [5.41, 5.74) is 0.281. The van der Waals surface area contributed by atoms with E-state index in [1.54, 1.807) is 6.07 Å². The van der Waals surface area contributed by atoms with Crippen molar-refractivity contribution < 1.29 is 19.2 Å². The Morgan fingerprint density at radius 1 is 1.50 bits per heavy atom. The molecule has 0 aliphatic rings. The number of carboxylic acids is 1. The molecule has 0 spiro atoms. The highest BCUT2D eigenvalue weighted by atomic mass is 32.2. The third kappa shape index (κ3) is 3.92. The van der Waals surface area contributed by atoms with Gasteiger partial charge in [-0.05, 0) is 23.4 Å². The Labute approximate surface area is 129 Å². The van der Waals surface area contributed by atoms with Crippen molar-refractivity contribution in [3.63, 3.8) is 0 Å². The first kappa shape index (κ1) is 15.7. The molecule has 0 amide bonds. The molecular weight excluding hydrogens is 310 g/mol. The van der Waals surface area contributed by atoms with Gasteiger partial charge in [0.05, 0.1) is 4.92 Å². The number of carboxylic acid groups (broad SMARTS) is 1. The van der Waals surface area contributed by atoms with E-state index in [0.717, 1.165) is 11.8 Å². The van der Waals surface area contributed by atoms with Gasteiger partial charge in [0.2, 0.25) is 5.89 Å². The van der Waals surface area contributed by atoms with Crippen LogP contribution in [-0.4, -0.2) is 26.2 Å². The fraction of sp³-hybridized carbons (Fsp3) is 0.154. The van der Waals surface area contributed by atoms with Crippen molar-refractivity contribution in [2.24, 2.45) is 0 Å². The number of hydrogen-bond acceptors (Lipinski definition) is 7. The smallest absolute Gasteiger partial charge is 0.342 e. The average molecular weight is 321 g/mol. The molecule has 22 heavy (non-hydrogen) atoms. The van der Waals surface area contributed by atoms with Gasteiger partial charge in [-0.15, -0.1) is 10.2 Å². The van der Waals surface area contributed by atoms with E-state index in [1.807, 2.05) is 6.92 Å². The summed E-state index contributed by atoms with van der Waals surface area (Å²) >= 11 is 0.794. The molecule has 0 bridgehead atoms. The van der Waals surface area contributed by atoms with Crippen molar-refractivity contribution in [3.05, 3.63) is 50.7 Å². The third-order valence-electron chi connectivity index (χ3n) is 2.54. The number of aliphatic carboxylic acids is 1. The summed E-state index contributed by atoms with van der Waals surface area (Å²) in [4.78, 5) is 21.4. The number of carbonyl (C=O) groups is 1. The molecule has 1 aromatic heterocycles. The van der Waals surface area contributed by atoms with Crippen molar-refractivity contribution in [1.29, 1.82) is 0 Å². The van der Waals surface area contributed by atoms with Gasteiger partial charge in [-0.1, -0.05) is 19.1 Å². The summed E-state index contributed by atoms with van der Waals surface area (Å²) in [5, 5.41) is 27.5. The fourth-order valence-electron chi connectivity index (χ4n) is 1.53. The van der Waals surface area contributed by atoms with Gasteiger partial charge in [0.1, 0.15) is 4.91 Å². The van der Waals surface area contributed by atoms with Crippen molar-refractivity contribution in [3.8, 4) is 0 Å². The fourth-order valence-corrected chi connectivity index (χ4v) is 2.22. The number of nitro benzene ring substituents is 1. The van der Waals surface area contributed by atoms with Crippen LogP contribution in [0.25, 0.3) is 6.08 Å². The van der Waals surface area contributed by atoms with E-state index in [1.165, 1.54) is 24.3 Å². The summed E-state index contributed by atoms with van der Waals surface area (Å²) in [6.45, 7) is 1.83. The van der Waals surface area contributed by atoms with E-state index >= 15 is 0 Å². The van der Waals surface area contributed by atoms with E-state index in [2.05, 4.69) is 10.2 Å². The standard InChI is InChI=1S/C13H11N3O5S/c1-2-11-14-15-13(21-11)22-10(12(17)18)7-8-4-3-5-9(6-8)16(19)20/h3-7H,2H2,1H3,(H,17,18)/b10-7-. The van der Waals surface area contributed by atoms with Gasteiger partial charge < -0.3 is 9.52 Å². The lowest BCUT2D eigenvalue weighted by atomic mass is 10.2. The molecule has 1 heterocycles. The second kappa shape index (κ2) is 6.85. The minimum Gasteiger partial charge on any atom is -0.477 e. The Hall–Kier alpha value is -2.68. The lowest BCUT2D eigenvalue weighted by molar-refractivity contribution is -0.384. The molecule has 2 aromatic rings. The largest absolute Gasteiger partial charge is 0.477 e. The third-order valence-corrected chi connectivity index (χ3v) is 3.39. The lowest BCUT2D eigenvalue weighted by Gasteiger charge is -1.99. The summed E-state index contributed by atoms with van der Waals surface area (Å²) in [5.74, 6) is -0.782. The van der Waals surface area contributed by atoms with Crippen LogP contribution < -0.4 is 0 Å². The maximum atomic E-state index is 11.3.